The average molecular weight is 175 g/mol. The summed E-state index contributed by atoms with van der Waals surface area (Å²) in [6.45, 7) is 0. The molecular weight excluding hydrogens is 167 g/mol. The average Bonchev–Trinajstić information content (AvgIpc) is 1.96. The van der Waals surface area contributed by atoms with Crippen LogP contribution in [0.2, 0.25) is 0 Å². The topological polar surface area (TPSA) is 66.5 Å². The summed E-state index contributed by atoms with van der Waals surface area (Å²) in [6, 6.07) is -0.971. The van der Waals surface area contributed by atoms with Crippen LogP contribution in [-0.4, -0.2) is 23.2 Å². The van der Waals surface area contributed by atoms with E-state index in [1.165, 1.54) is 0 Å². The lowest BCUT2D eigenvalue weighted by atomic mass is 9.73. The first kappa shape index (κ1) is 9.37. The molecular formula is C6H8BF2NO2. The van der Waals surface area contributed by atoms with E-state index in [1.54, 1.807) is 0 Å². The number of rotatable bonds is 1. The van der Waals surface area contributed by atoms with Crippen molar-refractivity contribution in [3.05, 3.63) is 23.2 Å². The number of allylic oxidation sites excluding steroid dienone is 2. The van der Waals surface area contributed by atoms with Gasteiger partial charge in [-0.25, -0.2) is 8.78 Å². The van der Waals surface area contributed by atoms with Gasteiger partial charge in [0, 0.05) is 6.08 Å². The molecule has 0 fully saturated rings. The summed E-state index contributed by atoms with van der Waals surface area (Å²) < 4.78 is 25.3. The van der Waals surface area contributed by atoms with E-state index >= 15 is 0 Å². The molecule has 3 nitrogen and oxygen atoms in total. The highest BCUT2D eigenvalue weighted by Gasteiger charge is 2.27. The molecule has 0 aromatic carbocycles. The van der Waals surface area contributed by atoms with Gasteiger partial charge in [-0.1, -0.05) is 0 Å². The van der Waals surface area contributed by atoms with Crippen LogP contribution < -0.4 is 5.73 Å². The van der Waals surface area contributed by atoms with Crippen molar-refractivity contribution < 1.29 is 18.8 Å². The lowest BCUT2D eigenvalue weighted by molar-refractivity contribution is 0.407. The maximum absolute atomic E-state index is 12.7. The summed E-state index contributed by atoms with van der Waals surface area (Å²) in [5.74, 6) is -1.74. The summed E-state index contributed by atoms with van der Waals surface area (Å²) in [6.07, 6.45) is 0.370. The van der Waals surface area contributed by atoms with Crippen molar-refractivity contribution in [2.24, 2.45) is 5.73 Å². The molecule has 0 aromatic heterocycles. The van der Waals surface area contributed by atoms with Gasteiger partial charge in [-0.15, -0.1) is 0 Å². The SMILES string of the molecule is NC1CC(B(O)O)=C(F)C=C1F. The van der Waals surface area contributed by atoms with Gasteiger partial charge in [-0.2, -0.15) is 0 Å². The molecule has 0 aromatic rings. The summed E-state index contributed by atoms with van der Waals surface area (Å²) in [4.78, 5) is 0. The Morgan fingerprint density at radius 3 is 2.58 bits per heavy atom. The minimum absolute atomic E-state index is 0.203. The highest BCUT2D eigenvalue weighted by Crippen LogP contribution is 2.25. The van der Waals surface area contributed by atoms with Crippen LogP contribution in [0.1, 0.15) is 6.42 Å². The fourth-order valence-corrected chi connectivity index (χ4v) is 0.981. The minimum atomic E-state index is -1.90. The molecule has 0 heterocycles. The molecule has 0 spiro atoms. The summed E-state index contributed by atoms with van der Waals surface area (Å²) >= 11 is 0. The fraction of sp³-hybridized carbons (Fsp3) is 0.333. The highest BCUT2D eigenvalue weighted by atomic mass is 19.1. The third-order valence-corrected chi connectivity index (χ3v) is 1.68. The molecule has 0 aliphatic heterocycles. The van der Waals surface area contributed by atoms with Crippen LogP contribution in [0.5, 0.6) is 0 Å². The number of hydrogen-bond acceptors (Lipinski definition) is 3. The maximum atomic E-state index is 12.7. The molecule has 0 saturated carbocycles. The minimum Gasteiger partial charge on any atom is -0.423 e. The predicted octanol–water partition coefficient (Wildman–Crippen LogP) is -0.194. The zero-order chi connectivity index (χ0) is 9.30. The fourth-order valence-electron chi connectivity index (χ4n) is 0.981. The summed E-state index contributed by atoms with van der Waals surface area (Å²) in [7, 11) is -1.90. The van der Waals surface area contributed by atoms with Crippen LogP contribution in [0.25, 0.3) is 0 Å². The van der Waals surface area contributed by atoms with Crippen molar-refractivity contribution in [2.75, 3.05) is 0 Å². The Hall–Kier alpha value is -0.715. The van der Waals surface area contributed by atoms with E-state index in [2.05, 4.69) is 0 Å². The Labute approximate surface area is 68.3 Å². The van der Waals surface area contributed by atoms with E-state index in [9.17, 15) is 8.78 Å². The molecule has 0 amide bonds. The van der Waals surface area contributed by atoms with Crippen molar-refractivity contribution in [3.8, 4) is 0 Å². The number of halogens is 2. The molecule has 0 radical (unpaired) electrons. The molecule has 12 heavy (non-hydrogen) atoms. The quantitative estimate of drug-likeness (QED) is 0.483. The smallest absolute Gasteiger partial charge is 0.423 e. The van der Waals surface area contributed by atoms with Crippen LogP contribution in [0.3, 0.4) is 0 Å². The van der Waals surface area contributed by atoms with Gasteiger partial charge in [0.1, 0.15) is 11.7 Å². The van der Waals surface area contributed by atoms with Crippen LogP contribution in [-0.2, 0) is 0 Å². The predicted molar refractivity (Wildman–Crippen MR) is 40.1 cm³/mol. The summed E-state index contributed by atoms with van der Waals surface area (Å²) in [5, 5.41) is 17.2. The van der Waals surface area contributed by atoms with E-state index in [4.69, 9.17) is 15.8 Å². The highest BCUT2D eigenvalue weighted by molar-refractivity contribution is 6.51. The van der Waals surface area contributed by atoms with Crippen molar-refractivity contribution in [1.29, 1.82) is 0 Å². The third-order valence-electron chi connectivity index (χ3n) is 1.68. The first-order chi connectivity index (χ1) is 5.52. The molecule has 1 unspecified atom stereocenters. The van der Waals surface area contributed by atoms with E-state index in [1.807, 2.05) is 0 Å². The Balaban J connectivity index is 2.93. The van der Waals surface area contributed by atoms with Crippen LogP contribution in [0.15, 0.2) is 23.2 Å². The lowest BCUT2D eigenvalue weighted by Crippen LogP contribution is -2.29. The van der Waals surface area contributed by atoms with E-state index in [0.29, 0.717) is 6.08 Å². The number of hydrogen-bond donors (Lipinski definition) is 3. The van der Waals surface area contributed by atoms with E-state index < -0.39 is 24.8 Å². The molecule has 66 valence electrons. The van der Waals surface area contributed by atoms with Gasteiger partial charge in [-0.3, -0.25) is 0 Å². The van der Waals surface area contributed by atoms with E-state index in [-0.39, 0.29) is 11.9 Å². The van der Waals surface area contributed by atoms with Gasteiger partial charge in [0.05, 0.1) is 6.04 Å². The van der Waals surface area contributed by atoms with Gasteiger partial charge in [0.2, 0.25) is 0 Å². The maximum Gasteiger partial charge on any atom is 0.487 e. The molecule has 1 rings (SSSR count). The van der Waals surface area contributed by atoms with Crippen molar-refractivity contribution in [1.82, 2.24) is 0 Å². The monoisotopic (exact) mass is 175 g/mol. The van der Waals surface area contributed by atoms with Crippen molar-refractivity contribution in [2.45, 2.75) is 12.5 Å². The second-order valence-corrected chi connectivity index (χ2v) is 2.59. The first-order valence-corrected chi connectivity index (χ1v) is 3.39. The van der Waals surface area contributed by atoms with Gasteiger partial charge in [0.25, 0.3) is 0 Å². The molecule has 1 atom stereocenters. The van der Waals surface area contributed by atoms with Crippen molar-refractivity contribution >= 4 is 7.12 Å². The van der Waals surface area contributed by atoms with E-state index in [0.717, 1.165) is 0 Å². The molecule has 1 aliphatic rings. The second-order valence-electron chi connectivity index (χ2n) is 2.59. The van der Waals surface area contributed by atoms with Gasteiger partial charge in [0.15, 0.2) is 0 Å². The molecule has 0 saturated heterocycles. The lowest BCUT2D eigenvalue weighted by Gasteiger charge is -2.16. The van der Waals surface area contributed by atoms with Crippen LogP contribution >= 0.6 is 0 Å². The van der Waals surface area contributed by atoms with Gasteiger partial charge < -0.3 is 15.8 Å². The standard InChI is InChI=1S/C6H8BF2NO2/c8-4-2-5(9)6(10)1-3(4)7(11)12/h2,6,11-12H,1,10H2. The van der Waals surface area contributed by atoms with Gasteiger partial charge >= 0.3 is 7.12 Å². The number of nitrogens with two attached hydrogens (primary N) is 1. The normalized spacial score (nSPS) is 24.1. The summed E-state index contributed by atoms with van der Waals surface area (Å²) in [5.41, 5.74) is 4.93. The Bertz CT molecular complexity index is 252. The zero-order valence-corrected chi connectivity index (χ0v) is 6.17. The Kier molecular flexibility index (Phi) is 2.61. The molecule has 6 heteroatoms. The second kappa shape index (κ2) is 3.34. The van der Waals surface area contributed by atoms with Crippen molar-refractivity contribution in [3.63, 3.8) is 0 Å². The van der Waals surface area contributed by atoms with Crippen LogP contribution in [0, 0.1) is 0 Å². The zero-order valence-electron chi connectivity index (χ0n) is 6.17. The molecule has 4 N–H and O–H groups in total. The Morgan fingerprint density at radius 1 is 1.50 bits per heavy atom. The Morgan fingerprint density at radius 2 is 2.08 bits per heavy atom. The molecule has 1 aliphatic carbocycles. The van der Waals surface area contributed by atoms with Gasteiger partial charge in [-0.05, 0) is 11.9 Å². The third kappa shape index (κ3) is 1.71. The van der Waals surface area contributed by atoms with Crippen LogP contribution in [0.4, 0.5) is 8.78 Å². The molecule has 0 bridgehead atoms. The largest absolute Gasteiger partial charge is 0.487 e. The first-order valence-electron chi connectivity index (χ1n) is 3.39.